The SMILES string of the molecule is CC(O)CNCCNC(=O)C1CCCC1. The summed E-state index contributed by atoms with van der Waals surface area (Å²) in [7, 11) is 0. The first kappa shape index (κ1) is 12.5. The lowest BCUT2D eigenvalue weighted by atomic mass is 10.1. The molecule has 15 heavy (non-hydrogen) atoms. The summed E-state index contributed by atoms with van der Waals surface area (Å²) in [4.78, 5) is 11.6. The van der Waals surface area contributed by atoms with Crippen LogP contribution in [0.25, 0.3) is 0 Å². The molecular weight excluding hydrogens is 192 g/mol. The number of hydrogen-bond donors (Lipinski definition) is 3. The van der Waals surface area contributed by atoms with Gasteiger partial charge >= 0.3 is 0 Å². The second-order valence-corrected chi connectivity index (χ2v) is 4.33. The van der Waals surface area contributed by atoms with Crippen molar-refractivity contribution in [1.82, 2.24) is 10.6 Å². The van der Waals surface area contributed by atoms with E-state index in [1.807, 2.05) is 0 Å². The Hall–Kier alpha value is -0.610. The van der Waals surface area contributed by atoms with E-state index in [1.165, 1.54) is 12.8 Å². The maximum absolute atomic E-state index is 11.6. The summed E-state index contributed by atoms with van der Waals surface area (Å²) in [5, 5.41) is 15.0. The van der Waals surface area contributed by atoms with Gasteiger partial charge in [0.25, 0.3) is 0 Å². The topological polar surface area (TPSA) is 61.4 Å². The minimum Gasteiger partial charge on any atom is -0.392 e. The van der Waals surface area contributed by atoms with Crippen LogP contribution in [0.5, 0.6) is 0 Å². The predicted octanol–water partition coefficient (Wildman–Crippen LogP) is 0.263. The van der Waals surface area contributed by atoms with Crippen LogP contribution in [-0.2, 0) is 4.79 Å². The van der Waals surface area contributed by atoms with Gasteiger partial charge in [-0.1, -0.05) is 12.8 Å². The Morgan fingerprint density at radius 2 is 2.07 bits per heavy atom. The Morgan fingerprint density at radius 1 is 1.40 bits per heavy atom. The second kappa shape index (κ2) is 6.80. The molecule has 0 radical (unpaired) electrons. The van der Waals surface area contributed by atoms with Gasteiger partial charge in [-0.3, -0.25) is 4.79 Å². The molecular formula is C11H22N2O2. The highest BCUT2D eigenvalue weighted by Gasteiger charge is 2.21. The highest BCUT2D eigenvalue weighted by Crippen LogP contribution is 2.24. The molecule has 1 aliphatic carbocycles. The number of carbonyl (C=O) groups is 1. The molecule has 4 heteroatoms. The molecule has 1 fully saturated rings. The van der Waals surface area contributed by atoms with E-state index >= 15 is 0 Å². The highest BCUT2D eigenvalue weighted by molar-refractivity contribution is 5.78. The van der Waals surface area contributed by atoms with Gasteiger partial charge in [0.2, 0.25) is 5.91 Å². The van der Waals surface area contributed by atoms with Crippen LogP contribution in [0.1, 0.15) is 32.6 Å². The maximum Gasteiger partial charge on any atom is 0.223 e. The molecule has 0 saturated heterocycles. The van der Waals surface area contributed by atoms with Gasteiger partial charge < -0.3 is 15.7 Å². The zero-order valence-corrected chi connectivity index (χ0v) is 9.46. The van der Waals surface area contributed by atoms with Crippen LogP contribution >= 0.6 is 0 Å². The minimum atomic E-state index is -0.324. The number of hydrogen-bond acceptors (Lipinski definition) is 3. The number of aliphatic hydroxyl groups is 1. The van der Waals surface area contributed by atoms with Crippen molar-refractivity contribution in [3.63, 3.8) is 0 Å². The highest BCUT2D eigenvalue weighted by atomic mass is 16.3. The Balaban J connectivity index is 1.97. The fourth-order valence-electron chi connectivity index (χ4n) is 1.92. The van der Waals surface area contributed by atoms with Crippen molar-refractivity contribution in [3.05, 3.63) is 0 Å². The molecule has 1 atom stereocenters. The molecule has 1 amide bonds. The number of nitrogens with one attached hydrogen (secondary N) is 2. The largest absolute Gasteiger partial charge is 0.392 e. The first-order chi connectivity index (χ1) is 7.20. The first-order valence-corrected chi connectivity index (χ1v) is 5.86. The van der Waals surface area contributed by atoms with Crippen molar-refractivity contribution in [1.29, 1.82) is 0 Å². The summed E-state index contributed by atoms with van der Waals surface area (Å²) in [6.45, 7) is 3.70. The summed E-state index contributed by atoms with van der Waals surface area (Å²) in [6.07, 6.45) is 4.16. The lowest BCUT2D eigenvalue weighted by Gasteiger charge is -2.11. The monoisotopic (exact) mass is 214 g/mol. The molecule has 1 aliphatic rings. The molecule has 0 heterocycles. The van der Waals surface area contributed by atoms with E-state index in [1.54, 1.807) is 6.92 Å². The molecule has 0 aromatic heterocycles. The lowest BCUT2D eigenvalue weighted by Crippen LogP contribution is -2.36. The molecule has 0 bridgehead atoms. The zero-order valence-electron chi connectivity index (χ0n) is 9.46. The standard InChI is InChI=1S/C11H22N2O2/c1-9(14)8-12-6-7-13-11(15)10-4-2-3-5-10/h9-10,12,14H,2-8H2,1H3,(H,13,15). The average molecular weight is 214 g/mol. The van der Waals surface area contributed by atoms with Crippen LogP contribution < -0.4 is 10.6 Å². The second-order valence-electron chi connectivity index (χ2n) is 4.33. The maximum atomic E-state index is 11.6. The van der Waals surface area contributed by atoms with Gasteiger partial charge in [0.05, 0.1) is 6.10 Å². The average Bonchev–Trinajstić information content (AvgIpc) is 2.69. The molecule has 1 unspecified atom stereocenters. The van der Waals surface area contributed by atoms with Gasteiger partial charge in [-0.05, 0) is 19.8 Å². The number of amides is 1. The van der Waals surface area contributed by atoms with Gasteiger partial charge in [0.15, 0.2) is 0 Å². The summed E-state index contributed by atoms with van der Waals surface area (Å²) >= 11 is 0. The van der Waals surface area contributed by atoms with Gasteiger partial charge in [0, 0.05) is 25.6 Å². The van der Waals surface area contributed by atoms with Crippen LogP contribution in [0.3, 0.4) is 0 Å². The molecule has 3 N–H and O–H groups in total. The fourth-order valence-corrected chi connectivity index (χ4v) is 1.92. The Bertz CT molecular complexity index is 189. The van der Waals surface area contributed by atoms with E-state index < -0.39 is 0 Å². The molecule has 1 rings (SSSR count). The van der Waals surface area contributed by atoms with Crippen molar-refractivity contribution in [2.45, 2.75) is 38.7 Å². The van der Waals surface area contributed by atoms with E-state index in [0.29, 0.717) is 13.1 Å². The minimum absolute atomic E-state index is 0.200. The number of rotatable bonds is 6. The Labute approximate surface area is 91.4 Å². The Morgan fingerprint density at radius 3 is 2.67 bits per heavy atom. The first-order valence-electron chi connectivity index (χ1n) is 5.86. The molecule has 1 saturated carbocycles. The van der Waals surface area contributed by atoms with Crippen LogP contribution in [-0.4, -0.2) is 36.8 Å². The van der Waals surface area contributed by atoms with Crippen LogP contribution in [0.4, 0.5) is 0 Å². The van der Waals surface area contributed by atoms with Crippen molar-refractivity contribution in [2.24, 2.45) is 5.92 Å². The molecule has 0 aliphatic heterocycles. The van der Waals surface area contributed by atoms with E-state index in [0.717, 1.165) is 19.4 Å². The van der Waals surface area contributed by atoms with E-state index in [2.05, 4.69) is 10.6 Å². The smallest absolute Gasteiger partial charge is 0.223 e. The van der Waals surface area contributed by atoms with Gasteiger partial charge in [-0.15, -0.1) is 0 Å². The van der Waals surface area contributed by atoms with Gasteiger partial charge in [0.1, 0.15) is 0 Å². The van der Waals surface area contributed by atoms with E-state index in [4.69, 9.17) is 5.11 Å². The summed E-state index contributed by atoms with van der Waals surface area (Å²) in [5.74, 6) is 0.452. The summed E-state index contributed by atoms with van der Waals surface area (Å²) in [5.41, 5.74) is 0. The Kier molecular flexibility index (Phi) is 5.65. The molecule has 0 spiro atoms. The number of carbonyl (C=O) groups excluding carboxylic acids is 1. The van der Waals surface area contributed by atoms with Crippen LogP contribution in [0, 0.1) is 5.92 Å². The van der Waals surface area contributed by atoms with Crippen molar-refractivity contribution in [3.8, 4) is 0 Å². The van der Waals surface area contributed by atoms with Gasteiger partial charge in [-0.2, -0.15) is 0 Å². The van der Waals surface area contributed by atoms with Crippen molar-refractivity contribution in [2.75, 3.05) is 19.6 Å². The lowest BCUT2D eigenvalue weighted by molar-refractivity contribution is -0.124. The van der Waals surface area contributed by atoms with Crippen LogP contribution in [0.15, 0.2) is 0 Å². The van der Waals surface area contributed by atoms with Gasteiger partial charge in [-0.25, -0.2) is 0 Å². The predicted molar refractivity (Wildman–Crippen MR) is 59.5 cm³/mol. The number of aliphatic hydroxyl groups excluding tert-OH is 1. The van der Waals surface area contributed by atoms with E-state index in [-0.39, 0.29) is 17.9 Å². The summed E-state index contributed by atoms with van der Waals surface area (Å²) in [6, 6.07) is 0. The van der Waals surface area contributed by atoms with Crippen molar-refractivity contribution < 1.29 is 9.90 Å². The molecule has 0 aromatic rings. The van der Waals surface area contributed by atoms with Crippen LogP contribution in [0.2, 0.25) is 0 Å². The fraction of sp³-hybridized carbons (Fsp3) is 0.909. The molecule has 4 nitrogen and oxygen atoms in total. The molecule has 88 valence electrons. The molecule has 0 aromatic carbocycles. The zero-order chi connectivity index (χ0) is 11.1. The third kappa shape index (κ3) is 5.14. The summed E-state index contributed by atoms with van der Waals surface area (Å²) < 4.78 is 0. The normalized spacial score (nSPS) is 19.1. The van der Waals surface area contributed by atoms with E-state index in [9.17, 15) is 4.79 Å². The quantitative estimate of drug-likeness (QED) is 0.556. The van der Waals surface area contributed by atoms with Crippen molar-refractivity contribution >= 4 is 5.91 Å². The third-order valence-corrected chi connectivity index (χ3v) is 2.77. The third-order valence-electron chi connectivity index (χ3n) is 2.77.